The number of aromatic nitrogens is 1. The number of rotatable bonds is 7. The largest absolute Gasteiger partial charge is 0.475 e. The van der Waals surface area contributed by atoms with E-state index in [1.807, 2.05) is 6.07 Å². The Labute approximate surface area is 249 Å². The van der Waals surface area contributed by atoms with Gasteiger partial charge in [0.25, 0.3) is 0 Å². The number of nitriles is 1. The van der Waals surface area contributed by atoms with Gasteiger partial charge in [-0.05, 0) is 66.5 Å². The number of fused-ring (bicyclic) bond motifs is 2. The van der Waals surface area contributed by atoms with Crippen LogP contribution in [0.3, 0.4) is 0 Å². The molecule has 4 aromatic rings. The van der Waals surface area contributed by atoms with Crippen molar-refractivity contribution in [2.75, 3.05) is 51.3 Å². The van der Waals surface area contributed by atoms with Gasteiger partial charge in [0.1, 0.15) is 24.3 Å². The summed E-state index contributed by atoms with van der Waals surface area (Å²) in [6.07, 6.45) is 3.47. The number of anilines is 1. The van der Waals surface area contributed by atoms with Crippen molar-refractivity contribution in [3.05, 3.63) is 77.5 Å². The number of amides is 1. The molecule has 9 heteroatoms. The van der Waals surface area contributed by atoms with E-state index in [1.54, 1.807) is 16.2 Å². The minimum Gasteiger partial charge on any atom is -0.475 e. The second-order valence-electron chi connectivity index (χ2n) is 10.9. The van der Waals surface area contributed by atoms with Crippen molar-refractivity contribution in [2.24, 2.45) is 0 Å². The smallest absolute Gasteiger partial charge is 0.246 e. The lowest BCUT2D eigenvalue weighted by Crippen LogP contribution is -2.56. The fourth-order valence-corrected chi connectivity index (χ4v) is 7.18. The summed E-state index contributed by atoms with van der Waals surface area (Å²) in [6, 6.07) is 17.0. The number of benzene rings is 2. The van der Waals surface area contributed by atoms with Gasteiger partial charge in [0.15, 0.2) is 0 Å². The molecule has 0 saturated carbocycles. The Balaban J connectivity index is 1.47. The molecule has 8 nitrogen and oxygen atoms in total. The lowest BCUT2D eigenvalue weighted by atomic mass is 9.99. The van der Waals surface area contributed by atoms with E-state index in [4.69, 9.17) is 16.3 Å². The van der Waals surface area contributed by atoms with Crippen LogP contribution in [-0.4, -0.2) is 79.2 Å². The third-order valence-electron chi connectivity index (χ3n) is 8.47. The SMILES string of the molecule is [C-]#[N+]C[C@H]1CN(c2c(C#N)c(OC[C@@H]3CCCN3C)nc3cc(-c4cccc5ccsc45)ccc23)CCN1C(=O)C=C. The number of hydrogen-bond acceptors (Lipinski definition) is 7. The number of likely N-dealkylation sites (N-methyl/N-ethyl adjacent to an activating group) is 1. The van der Waals surface area contributed by atoms with Crippen LogP contribution < -0.4 is 9.64 Å². The summed E-state index contributed by atoms with van der Waals surface area (Å²) in [4.78, 5) is 27.2. The Kier molecular flexibility index (Phi) is 7.80. The van der Waals surface area contributed by atoms with Gasteiger partial charge in [0.05, 0.1) is 11.2 Å². The Morgan fingerprint density at radius 3 is 2.90 bits per heavy atom. The number of piperazine rings is 1. The van der Waals surface area contributed by atoms with E-state index in [9.17, 15) is 10.1 Å². The molecule has 0 unspecified atom stereocenters. The van der Waals surface area contributed by atoms with Gasteiger partial charge in [-0.25, -0.2) is 11.6 Å². The molecule has 1 amide bonds. The monoisotopic (exact) mass is 576 g/mol. The van der Waals surface area contributed by atoms with Crippen LogP contribution >= 0.6 is 11.3 Å². The van der Waals surface area contributed by atoms with Crippen LogP contribution in [0.4, 0.5) is 5.69 Å². The highest BCUT2D eigenvalue weighted by Crippen LogP contribution is 2.40. The predicted molar refractivity (Wildman–Crippen MR) is 168 cm³/mol. The fraction of sp³-hybridized carbons (Fsp3) is 0.333. The Morgan fingerprint density at radius 1 is 1.26 bits per heavy atom. The van der Waals surface area contributed by atoms with E-state index in [2.05, 4.69) is 76.1 Å². The maximum absolute atomic E-state index is 12.6. The first kappa shape index (κ1) is 27.7. The van der Waals surface area contributed by atoms with Crippen LogP contribution in [0, 0.1) is 17.9 Å². The first-order valence-corrected chi connectivity index (χ1v) is 15.1. The summed E-state index contributed by atoms with van der Waals surface area (Å²) in [7, 11) is 2.10. The minimum atomic E-state index is -0.316. The first-order valence-electron chi connectivity index (χ1n) is 14.2. The Morgan fingerprint density at radius 2 is 2.14 bits per heavy atom. The number of carbonyl (C=O) groups excluding carboxylic acids is 1. The van der Waals surface area contributed by atoms with Gasteiger partial charge in [-0.3, -0.25) is 4.79 Å². The molecule has 2 aromatic carbocycles. The number of nitrogens with zero attached hydrogens (tertiary/aromatic N) is 6. The number of pyridine rings is 1. The maximum atomic E-state index is 12.6. The molecule has 0 spiro atoms. The van der Waals surface area contributed by atoms with E-state index >= 15 is 0 Å². The molecule has 42 heavy (non-hydrogen) atoms. The molecular formula is C33H32N6O2S. The van der Waals surface area contributed by atoms with Crippen molar-refractivity contribution in [3.63, 3.8) is 0 Å². The molecule has 2 fully saturated rings. The summed E-state index contributed by atoms with van der Waals surface area (Å²) in [5.41, 5.74) is 4.07. The first-order chi connectivity index (χ1) is 20.5. The maximum Gasteiger partial charge on any atom is 0.246 e. The number of likely N-dealkylation sites (tertiary alicyclic amines) is 1. The molecule has 2 aliphatic rings. The zero-order valence-corrected chi connectivity index (χ0v) is 24.4. The van der Waals surface area contributed by atoms with Crippen LogP contribution in [0.15, 0.2) is 60.5 Å². The van der Waals surface area contributed by atoms with Crippen LogP contribution in [0.5, 0.6) is 5.88 Å². The lowest BCUT2D eigenvalue weighted by Gasteiger charge is -2.40. The van der Waals surface area contributed by atoms with Gasteiger partial charge in [0, 0.05) is 35.8 Å². The van der Waals surface area contributed by atoms with E-state index in [-0.39, 0.29) is 24.5 Å². The standard InChI is InChI=1S/C33H32N6O2S/c1-4-30(40)39-15-14-38(20-25(39)19-35-2)31-27-11-10-23(26-9-5-7-22-12-16-42-32(22)26)17-29(27)36-33(28(31)18-34)41-21-24-8-6-13-37(24)3/h4-5,7,9-12,16-17,24-25H,1,6,8,13-15,19-21H2,3H3/t24-,25-/m0/s1. The van der Waals surface area contributed by atoms with Crippen molar-refractivity contribution >= 4 is 43.9 Å². The highest BCUT2D eigenvalue weighted by Gasteiger charge is 2.34. The zero-order valence-electron chi connectivity index (χ0n) is 23.6. The molecule has 2 aromatic heterocycles. The highest BCUT2D eigenvalue weighted by molar-refractivity contribution is 7.17. The number of thiophene rings is 1. The summed E-state index contributed by atoms with van der Waals surface area (Å²) in [6.45, 7) is 14.2. The third-order valence-corrected chi connectivity index (χ3v) is 9.43. The Bertz CT molecular complexity index is 1750. The number of carbonyl (C=O) groups is 1. The highest BCUT2D eigenvalue weighted by atomic mass is 32.1. The van der Waals surface area contributed by atoms with Gasteiger partial charge in [-0.1, -0.05) is 36.9 Å². The topological polar surface area (TPSA) is 77.1 Å². The third kappa shape index (κ3) is 5.07. The van der Waals surface area contributed by atoms with Crippen molar-refractivity contribution in [2.45, 2.75) is 24.9 Å². The molecule has 0 bridgehead atoms. The molecule has 4 heterocycles. The van der Waals surface area contributed by atoms with Crippen molar-refractivity contribution in [3.8, 4) is 23.1 Å². The van der Waals surface area contributed by atoms with Gasteiger partial charge >= 0.3 is 0 Å². The quantitative estimate of drug-likeness (QED) is 0.211. The van der Waals surface area contributed by atoms with Crippen LogP contribution in [0.2, 0.25) is 0 Å². The number of ether oxygens (including phenoxy) is 1. The Hall–Kier alpha value is -4.44. The van der Waals surface area contributed by atoms with Gasteiger partial charge in [0.2, 0.25) is 18.3 Å². The molecule has 6 rings (SSSR count). The van der Waals surface area contributed by atoms with Crippen LogP contribution in [-0.2, 0) is 4.79 Å². The van der Waals surface area contributed by atoms with Crippen LogP contribution in [0.25, 0.3) is 37.0 Å². The normalized spacial score (nSPS) is 19.1. The summed E-state index contributed by atoms with van der Waals surface area (Å²) < 4.78 is 7.57. The van der Waals surface area contributed by atoms with Gasteiger partial charge < -0.3 is 24.3 Å². The molecule has 2 atom stereocenters. The van der Waals surface area contributed by atoms with E-state index < -0.39 is 0 Å². The van der Waals surface area contributed by atoms with E-state index in [0.29, 0.717) is 37.7 Å². The molecule has 0 radical (unpaired) electrons. The van der Waals surface area contributed by atoms with E-state index in [1.165, 1.54) is 16.2 Å². The minimum absolute atomic E-state index is 0.174. The summed E-state index contributed by atoms with van der Waals surface area (Å²) >= 11 is 1.72. The molecule has 0 N–H and O–H groups in total. The van der Waals surface area contributed by atoms with Crippen molar-refractivity contribution < 1.29 is 9.53 Å². The number of hydrogen-bond donors (Lipinski definition) is 0. The molecule has 0 aliphatic carbocycles. The second kappa shape index (κ2) is 11.8. The molecular weight excluding hydrogens is 544 g/mol. The van der Waals surface area contributed by atoms with E-state index in [0.717, 1.165) is 47.1 Å². The average molecular weight is 577 g/mol. The lowest BCUT2D eigenvalue weighted by molar-refractivity contribution is -0.128. The van der Waals surface area contributed by atoms with Gasteiger partial charge in [-0.15, -0.1) is 11.3 Å². The molecule has 2 aliphatic heterocycles. The van der Waals surface area contributed by atoms with Crippen LogP contribution in [0.1, 0.15) is 18.4 Å². The fourth-order valence-electron chi connectivity index (χ4n) is 6.24. The zero-order chi connectivity index (χ0) is 29.2. The van der Waals surface area contributed by atoms with Gasteiger partial charge in [-0.2, -0.15) is 5.26 Å². The predicted octanol–water partition coefficient (Wildman–Crippen LogP) is 5.58. The average Bonchev–Trinajstić information content (AvgIpc) is 3.67. The second-order valence-corrected chi connectivity index (χ2v) is 11.8. The van der Waals surface area contributed by atoms with Crippen molar-refractivity contribution in [1.82, 2.24) is 14.8 Å². The van der Waals surface area contributed by atoms with Crippen molar-refractivity contribution in [1.29, 1.82) is 5.26 Å². The molecule has 2 saturated heterocycles. The summed E-state index contributed by atoms with van der Waals surface area (Å²) in [5.74, 6) is 0.151. The molecule has 212 valence electrons. The summed E-state index contributed by atoms with van der Waals surface area (Å²) in [5, 5.41) is 14.6.